The molecule has 0 spiro atoms. The van der Waals surface area contributed by atoms with Crippen molar-refractivity contribution in [2.24, 2.45) is 0 Å². The van der Waals surface area contributed by atoms with E-state index in [1.165, 1.54) is 22.8 Å². The number of thioether (sulfide) groups is 1. The van der Waals surface area contributed by atoms with E-state index in [0.717, 1.165) is 17.1 Å². The fourth-order valence-corrected chi connectivity index (χ4v) is 3.52. The molecule has 1 N–H and O–H groups in total. The van der Waals surface area contributed by atoms with Gasteiger partial charge >= 0.3 is 0 Å². The summed E-state index contributed by atoms with van der Waals surface area (Å²) in [5.74, 6) is 0.753. The summed E-state index contributed by atoms with van der Waals surface area (Å²) in [5, 5.41) is 3.36. The summed E-state index contributed by atoms with van der Waals surface area (Å²) in [6, 6.07) is 13.8. The maximum Gasteiger partial charge on any atom is 0.124 e. The lowest BCUT2D eigenvalue weighted by Gasteiger charge is -2.16. The Morgan fingerprint density at radius 3 is 2.43 bits per heavy atom. The highest BCUT2D eigenvalue weighted by atomic mass is 32.2. The number of aryl methyl sites for hydroxylation is 2. The molecular formula is C18H22FNS. The molecule has 0 heterocycles. The molecular weight excluding hydrogens is 281 g/mol. The molecule has 112 valence electrons. The Hall–Kier alpha value is -1.32. The van der Waals surface area contributed by atoms with Gasteiger partial charge in [0.15, 0.2) is 0 Å². The van der Waals surface area contributed by atoms with Gasteiger partial charge < -0.3 is 5.32 Å². The van der Waals surface area contributed by atoms with Gasteiger partial charge in [-0.3, -0.25) is 0 Å². The zero-order valence-corrected chi connectivity index (χ0v) is 13.6. The Morgan fingerprint density at radius 2 is 1.81 bits per heavy atom. The van der Waals surface area contributed by atoms with Crippen LogP contribution in [0.15, 0.2) is 47.4 Å². The number of likely N-dealkylation sites (N-methyl/N-ethyl adjacent to an activating group) is 1. The first kappa shape index (κ1) is 16.1. The van der Waals surface area contributed by atoms with Gasteiger partial charge in [-0.05, 0) is 51.1 Å². The molecule has 0 bridgehead atoms. The molecule has 2 aromatic carbocycles. The Labute approximate surface area is 131 Å². The monoisotopic (exact) mass is 303 g/mol. The van der Waals surface area contributed by atoms with Crippen molar-refractivity contribution in [1.29, 1.82) is 0 Å². The first-order chi connectivity index (χ1) is 10.1. The number of benzene rings is 2. The fraction of sp³-hybridized carbons (Fsp3) is 0.333. The number of hydrogen-bond acceptors (Lipinski definition) is 2. The Morgan fingerprint density at radius 1 is 1.10 bits per heavy atom. The lowest BCUT2D eigenvalue weighted by molar-refractivity contribution is 0.615. The van der Waals surface area contributed by atoms with Crippen molar-refractivity contribution in [2.75, 3.05) is 12.8 Å². The molecule has 0 aliphatic rings. The predicted molar refractivity (Wildman–Crippen MR) is 89.6 cm³/mol. The fourth-order valence-electron chi connectivity index (χ4n) is 2.47. The molecule has 1 atom stereocenters. The summed E-state index contributed by atoms with van der Waals surface area (Å²) in [6.45, 7) is 4.26. The van der Waals surface area contributed by atoms with Gasteiger partial charge in [0.25, 0.3) is 0 Å². The molecule has 0 saturated heterocycles. The smallest absolute Gasteiger partial charge is 0.124 e. The Balaban J connectivity index is 1.96. The highest BCUT2D eigenvalue weighted by molar-refractivity contribution is 7.99. The van der Waals surface area contributed by atoms with Crippen LogP contribution in [0.2, 0.25) is 0 Å². The van der Waals surface area contributed by atoms with E-state index < -0.39 is 0 Å². The van der Waals surface area contributed by atoms with E-state index in [1.54, 1.807) is 23.9 Å². The Bertz CT molecular complexity index is 577. The van der Waals surface area contributed by atoms with Crippen LogP contribution < -0.4 is 5.32 Å². The summed E-state index contributed by atoms with van der Waals surface area (Å²) in [6.07, 6.45) is 0.987. The van der Waals surface area contributed by atoms with Crippen molar-refractivity contribution in [2.45, 2.75) is 31.2 Å². The van der Waals surface area contributed by atoms with Crippen LogP contribution in [0.25, 0.3) is 0 Å². The zero-order valence-electron chi connectivity index (χ0n) is 12.8. The van der Waals surface area contributed by atoms with Gasteiger partial charge in [-0.15, -0.1) is 11.8 Å². The molecule has 3 heteroatoms. The van der Waals surface area contributed by atoms with Gasteiger partial charge in [0.05, 0.1) is 0 Å². The van der Waals surface area contributed by atoms with Crippen LogP contribution in [-0.4, -0.2) is 18.8 Å². The van der Waals surface area contributed by atoms with Crippen molar-refractivity contribution in [1.82, 2.24) is 5.32 Å². The average Bonchev–Trinajstić information content (AvgIpc) is 2.42. The van der Waals surface area contributed by atoms with Crippen molar-refractivity contribution < 1.29 is 4.39 Å². The van der Waals surface area contributed by atoms with Crippen LogP contribution >= 0.6 is 11.8 Å². The molecule has 0 fully saturated rings. The summed E-state index contributed by atoms with van der Waals surface area (Å²) in [4.78, 5) is 0.982. The zero-order chi connectivity index (χ0) is 15.2. The lowest BCUT2D eigenvalue weighted by Crippen LogP contribution is -2.30. The van der Waals surface area contributed by atoms with E-state index in [0.29, 0.717) is 6.04 Å². The lowest BCUT2D eigenvalue weighted by atomic mass is 10.0. The van der Waals surface area contributed by atoms with Crippen LogP contribution in [0.5, 0.6) is 0 Å². The average molecular weight is 303 g/mol. The summed E-state index contributed by atoms with van der Waals surface area (Å²) >= 11 is 1.69. The van der Waals surface area contributed by atoms with Crippen LogP contribution in [0.1, 0.15) is 16.7 Å². The maximum atomic E-state index is 13.2. The third kappa shape index (κ3) is 5.18. The summed E-state index contributed by atoms with van der Waals surface area (Å²) in [7, 11) is 1.99. The van der Waals surface area contributed by atoms with Crippen molar-refractivity contribution in [3.8, 4) is 0 Å². The summed E-state index contributed by atoms with van der Waals surface area (Å²) in [5.41, 5.74) is 3.96. The molecule has 0 radical (unpaired) electrons. The maximum absolute atomic E-state index is 13.2. The second-order valence-corrected chi connectivity index (χ2v) is 6.55. The first-order valence-electron chi connectivity index (χ1n) is 7.19. The largest absolute Gasteiger partial charge is 0.316 e. The molecule has 2 rings (SSSR count). The normalized spacial score (nSPS) is 12.4. The van der Waals surface area contributed by atoms with Gasteiger partial charge in [-0.2, -0.15) is 0 Å². The standard InChI is InChI=1S/C18H22FNS/c1-13-7-14(2)9-15(8-13)10-17(20-3)12-21-18-6-4-5-16(19)11-18/h4-9,11,17,20H,10,12H2,1-3H3. The number of hydrogen-bond donors (Lipinski definition) is 1. The van der Waals surface area contributed by atoms with Crippen LogP contribution in [0.4, 0.5) is 4.39 Å². The third-order valence-corrected chi connectivity index (χ3v) is 4.58. The van der Waals surface area contributed by atoms with Crippen molar-refractivity contribution >= 4 is 11.8 Å². The molecule has 0 amide bonds. The minimum Gasteiger partial charge on any atom is -0.316 e. The molecule has 21 heavy (non-hydrogen) atoms. The molecule has 0 saturated carbocycles. The van der Waals surface area contributed by atoms with Crippen LogP contribution in [-0.2, 0) is 6.42 Å². The molecule has 2 aromatic rings. The SMILES string of the molecule is CNC(CSc1cccc(F)c1)Cc1cc(C)cc(C)c1. The highest BCUT2D eigenvalue weighted by Gasteiger charge is 2.09. The van der Waals surface area contributed by atoms with E-state index in [2.05, 4.69) is 37.4 Å². The first-order valence-corrected chi connectivity index (χ1v) is 8.18. The van der Waals surface area contributed by atoms with E-state index in [-0.39, 0.29) is 5.82 Å². The predicted octanol–water partition coefficient (Wildman–Crippen LogP) is 4.37. The van der Waals surface area contributed by atoms with Gasteiger partial charge in [0.1, 0.15) is 5.82 Å². The second kappa shape index (κ2) is 7.62. The molecule has 1 unspecified atom stereocenters. The number of rotatable bonds is 6. The van der Waals surface area contributed by atoms with Crippen molar-refractivity contribution in [3.05, 3.63) is 65.0 Å². The minimum absolute atomic E-state index is 0.171. The molecule has 0 aliphatic carbocycles. The molecule has 0 aromatic heterocycles. The minimum atomic E-state index is -0.171. The van der Waals surface area contributed by atoms with Gasteiger partial charge in [0, 0.05) is 16.7 Å². The molecule has 0 aliphatic heterocycles. The van der Waals surface area contributed by atoms with Gasteiger partial charge in [-0.1, -0.05) is 35.4 Å². The highest BCUT2D eigenvalue weighted by Crippen LogP contribution is 2.21. The number of halogens is 1. The topological polar surface area (TPSA) is 12.0 Å². The Kier molecular flexibility index (Phi) is 5.83. The van der Waals surface area contributed by atoms with Gasteiger partial charge in [0.2, 0.25) is 0 Å². The van der Waals surface area contributed by atoms with E-state index in [4.69, 9.17) is 0 Å². The summed E-state index contributed by atoms with van der Waals surface area (Å²) < 4.78 is 13.2. The quantitative estimate of drug-likeness (QED) is 0.796. The van der Waals surface area contributed by atoms with E-state index >= 15 is 0 Å². The van der Waals surface area contributed by atoms with E-state index in [9.17, 15) is 4.39 Å². The molecule has 1 nitrogen and oxygen atoms in total. The van der Waals surface area contributed by atoms with E-state index in [1.807, 2.05) is 13.1 Å². The van der Waals surface area contributed by atoms with Crippen molar-refractivity contribution in [3.63, 3.8) is 0 Å². The van der Waals surface area contributed by atoms with Crippen LogP contribution in [0, 0.1) is 19.7 Å². The van der Waals surface area contributed by atoms with Crippen LogP contribution in [0.3, 0.4) is 0 Å². The number of nitrogens with one attached hydrogen (secondary N) is 1. The third-order valence-electron chi connectivity index (χ3n) is 3.42. The van der Waals surface area contributed by atoms with Gasteiger partial charge in [-0.25, -0.2) is 4.39 Å². The second-order valence-electron chi connectivity index (χ2n) is 5.45.